The quantitative estimate of drug-likeness (QED) is 0.785. The van der Waals surface area contributed by atoms with Gasteiger partial charge in [0.15, 0.2) is 9.84 Å². The maximum absolute atomic E-state index is 12.7. The molecule has 2 aromatic rings. The Morgan fingerprint density at radius 2 is 2.03 bits per heavy atom. The highest BCUT2D eigenvalue weighted by atomic mass is 32.2. The maximum Gasteiger partial charge on any atom is 0.230 e. The van der Waals surface area contributed by atoms with Gasteiger partial charge in [0.05, 0.1) is 22.5 Å². The van der Waals surface area contributed by atoms with E-state index in [0.717, 1.165) is 24.1 Å². The monoisotopic (exact) mass is 413 g/mol. The molecule has 0 unspecified atom stereocenters. The number of pyridine rings is 1. The zero-order chi connectivity index (χ0) is 20.6. The molecule has 2 amide bonds. The van der Waals surface area contributed by atoms with E-state index in [-0.39, 0.29) is 40.8 Å². The first-order chi connectivity index (χ1) is 13.8. The number of fused-ring (bicyclic) bond motifs is 1. The Balaban J connectivity index is 1.45. The molecule has 0 saturated heterocycles. The summed E-state index contributed by atoms with van der Waals surface area (Å²) in [7, 11) is -3.61. The molecule has 1 aromatic heterocycles. The van der Waals surface area contributed by atoms with Gasteiger partial charge < -0.3 is 10.2 Å². The molecular formula is C21H23N3O4S. The molecule has 152 valence electrons. The molecule has 0 spiro atoms. The van der Waals surface area contributed by atoms with Gasteiger partial charge in [0.1, 0.15) is 0 Å². The number of nitrogens with one attached hydrogen (secondary N) is 1. The molecule has 7 nitrogen and oxygen atoms in total. The summed E-state index contributed by atoms with van der Waals surface area (Å²) in [5.41, 5.74) is 2.21. The fraction of sp³-hybridized carbons (Fsp3) is 0.381. The molecule has 1 N–H and O–H groups in total. The van der Waals surface area contributed by atoms with E-state index in [1.807, 2.05) is 11.8 Å². The van der Waals surface area contributed by atoms with Gasteiger partial charge >= 0.3 is 0 Å². The molecule has 2 heterocycles. The summed E-state index contributed by atoms with van der Waals surface area (Å²) < 4.78 is 25.5. The highest BCUT2D eigenvalue weighted by molar-refractivity contribution is 7.91. The molecule has 1 aliphatic carbocycles. The second kappa shape index (κ2) is 7.59. The van der Waals surface area contributed by atoms with Crippen LogP contribution in [-0.4, -0.2) is 37.0 Å². The highest BCUT2D eigenvalue weighted by Gasteiger charge is 2.39. The molecule has 29 heavy (non-hydrogen) atoms. The molecule has 0 bridgehead atoms. The molecule has 2 aliphatic rings. The number of anilines is 2. The lowest BCUT2D eigenvalue weighted by Gasteiger charge is -2.22. The minimum atomic E-state index is -3.61. The largest absolute Gasteiger partial charge is 0.325 e. The first-order valence-electron chi connectivity index (χ1n) is 9.74. The number of hydrogen-bond acceptors (Lipinski definition) is 5. The van der Waals surface area contributed by atoms with Crippen LogP contribution in [0.25, 0.3) is 0 Å². The Bertz CT molecular complexity index is 1050. The van der Waals surface area contributed by atoms with Crippen LogP contribution in [0.5, 0.6) is 0 Å². The predicted octanol–water partition coefficient (Wildman–Crippen LogP) is 2.57. The topological polar surface area (TPSA) is 96.4 Å². The van der Waals surface area contributed by atoms with E-state index in [2.05, 4.69) is 10.3 Å². The zero-order valence-electron chi connectivity index (χ0n) is 16.2. The summed E-state index contributed by atoms with van der Waals surface area (Å²) in [6.07, 6.45) is 5.46. The number of sulfone groups is 1. The Hall–Kier alpha value is -2.74. The standard InChI is InChI=1S/C21H23N3O4S/c1-14-11-16-12-18(6-7-19(16)24(14)21(26)15-4-5-15)29(27,28)10-8-20(25)23-17-3-2-9-22-13-17/h2-3,6-7,9,12-15H,4-5,8,10-11H2,1H3,(H,23,25)/t14-/m1/s1. The molecule has 1 aliphatic heterocycles. The van der Waals surface area contributed by atoms with Crippen molar-refractivity contribution in [1.29, 1.82) is 0 Å². The van der Waals surface area contributed by atoms with Gasteiger partial charge in [-0.15, -0.1) is 0 Å². The summed E-state index contributed by atoms with van der Waals surface area (Å²) >= 11 is 0. The average Bonchev–Trinajstić information content (AvgIpc) is 3.49. The van der Waals surface area contributed by atoms with Crippen molar-refractivity contribution in [3.8, 4) is 0 Å². The van der Waals surface area contributed by atoms with Crippen molar-refractivity contribution in [2.45, 2.75) is 43.5 Å². The van der Waals surface area contributed by atoms with Crippen LogP contribution in [0.3, 0.4) is 0 Å². The van der Waals surface area contributed by atoms with Gasteiger partial charge in [-0.25, -0.2) is 8.42 Å². The lowest BCUT2D eigenvalue weighted by atomic mass is 10.1. The molecule has 8 heteroatoms. The molecule has 0 radical (unpaired) electrons. The Labute approximate surface area is 170 Å². The first kappa shape index (κ1) is 19.6. The van der Waals surface area contributed by atoms with Crippen molar-refractivity contribution >= 4 is 33.0 Å². The summed E-state index contributed by atoms with van der Waals surface area (Å²) in [4.78, 5) is 30.5. The van der Waals surface area contributed by atoms with Gasteiger partial charge in [-0.1, -0.05) is 0 Å². The number of amides is 2. The Kier molecular flexibility index (Phi) is 5.12. The van der Waals surface area contributed by atoms with Crippen molar-refractivity contribution in [3.05, 3.63) is 48.3 Å². The van der Waals surface area contributed by atoms with Crippen LogP contribution in [0, 0.1) is 5.92 Å². The first-order valence-corrected chi connectivity index (χ1v) is 11.4. The van der Waals surface area contributed by atoms with Gasteiger partial charge in [-0.3, -0.25) is 14.6 Å². The minimum Gasteiger partial charge on any atom is -0.325 e. The third kappa shape index (κ3) is 4.17. The lowest BCUT2D eigenvalue weighted by molar-refractivity contribution is -0.120. The van der Waals surface area contributed by atoms with Crippen LogP contribution in [0.2, 0.25) is 0 Å². The third-order valence-electron chi connectivity index (χ3n) is 5.33. The third-order valence-corrected chi connectivity index (χ3v) is 7.05. The fourth-order valence-electron chi connectivity index (χ4n) is 3.67. The summed E-state index contributed by atoms with van der Waals surface area (Å²) in [6, 6.07) is 8.33. The normalized spacial score (nSPS) is 18.4. The average molecular weight is 413 g/mol. The van der Waals surface area contributed by atoms with Crippen molar-refractivity contribution in [3.63, 3.8) is 0 Å². The highest BCUT2D eigenvalue weighted by Crippen LogP contribution is 2.39. The van der Waals surface area contributed by atoms with Crippen LogP contribution < -0.4 is 10.2 Å². The number of carbonyl (C=O) groups excluding carboxylic acids is 2. The molecular weight excluding hydrogens is 390 g/mol. The number of nitrogens with zero attached hydrogens (tertiary/aromatic N) is 2. The second-order valence-corrected chi connectivity index (χ2v) is 9.79. The van der Waals surface area contributed by atoms with E-state index in [9.17, 15) is 18.0 Å². The maximum atomic E-state index is 12.7. The molecule has 1 aromatic carbocycles. The van der Waals surface area contributed by atoms with Crippen LogP contribution in [0.1, 0.15) is 31.7 Å². The van der Waals surface area contributed by atoms with E-state index >= 15 is 0 Å². The lowest BCUT2D eigenvalue weighted by Crippen LogP contribution is -2.36. The van der Waals surface area contributed by atoms with E-state index in [0.29, 0.717) is 12.1 Å². The number of hydrogen-bond donors (Lipinski definition) is 1. The van der Waals surface area contributed by atoms with Crippen molar-refractivity contribution in [2.24, 2.45) is 5.92 Å². The van der Waals surface area contributed by atoms with Gasteiger partial charge in [-0.2, -0.15) is 0 Å². The van der Waals surface area contributed by atoms with Crippen molar-refractivity contribution in [1.82, 2.24) is 4.98 Å². The number of carbonyl (C=O) groups is 2. The molecule has 4 rings (SSSR count). The van der Waals surface area contributed by atoms with Crippen LogP contribution >= 0.6 is 0 Å². The van der Waals surface area contributed by atoms with Crippen molar-refractivity contribution < 1.29 is 18.0 Å². The van der Waals surface area contributed by atoms with E-state index < -0.39 is 9.84 Å². The van der Waals surface area contributed by atoms with Crippen molar-refractivity contribution in [2.75, 3.05) is 16.0 Å². The van der Waals surface area contributed by atoms with Crippen LogP contribution in [0.4, 0.5) is 11.4 Å². The molecule has 1 saturated carbocycles. The van der Waals surface area contributed by atoms with Crippen LogP contribution in [0.15, 0.2) is 47.6 Å². The van der Waals surface area contributed by atoms with Gasteiger partial charge in [0.25, 0.3) is 0 Å². The summed E-state index contributed by atoms with van der Waals surface area (Å²) in [5, 5.41) is 2.64. The number of aromatic nitrogens is 1. The van der Waals surface area contributed by atoms with E-state index in [1.165, 1.54) is 6.20 Å². The Morgan fingerprint density at radius 1 is 1.24 bits per heavy atom. The molecule has 1 fully saturated rings. The SMILES string of the molecule is C[C@@H]1Cc2cc(S(=O)(=O)CCC(=O)Nc3cccnc3)ccc2N1C(=O)C1CC1. The fourth-order valence-corrected chi connectivity index (χ4v) is 4.96. The minimum absolute atomic E-state index is 0.0290. The van der Waals surface area contributed by atoms with Gasteiger partial charge in [0, 0.05) is 30.3 Å². The van der Waals surface area contributed by atoms with E-state index in [1.54, 1.807) is 36.5 Å². The zero-order valence-corrected chi connectivity index (χ0v) is 17.0. The molecule has 1 atom stereocenters. The van der Waals surface area contributed by atoms with E-state index in [4.69, 9.17) is 0 Å². The Morgan fingerprint density at radius 3 is 2.72 bits per heavy atom. The predicted molar refractivity (Wildman–Crippen MR) is 109 cm³/mol. The number of rotatable bonds is 6. The number of benzene rings is 1. The van der Waals surface area contributed by atoms with Crippen LogP contribution in [-0.2, 0) is 25.8 Å². The second-order valence-electron chi connectivity index (χ2n) is 7.68. The van der Waals surface area contributed by atoms with Gasteiger partial charge in [0.2, 0.25) is 11.8 Å². The smallest absolute Gasteiger partial charge is 0.230 e. The van der Waals surface area contributed by atoms with Gasteiger partial charge in [-0.05, 0) is 62.1 Å². The summed E-state index contributed by atoms with van der Waals surface area (Å²) in [6.45, 7) is 1.98. The summed E-state index contributed by atoms with van der Waals surface area (Å²) in [5.74, 6) is -0.403.